The number of β-lactam (4-membered cyclic amide) rings is 1. The molecule has 3 unspecified atom stereocenters. The van der Waals surface area contributed by atoms with Gasteiger partial charge in [-0.05, 0) is 49.1 Å². The molecule has 2 saturated carbocycles. The summed E-state index contributed by atoms with van der Waals surface area (Å²) in [7, 11) is 0. The summed E-state index contributed by atoms with van der Waals surface area (Å²) in [5, 5.41) is 2.70. The number of nitrogens with one attached hydrogen (secondary N) is 1. The Balaban J connectivity index is 1.20. The Morgan fingerprint density at radius 3 is 2.27 bits per heavy atom. The maximum atomic E-state index is 13.7. The first-order valence-electron chi connectivity index (χ1n) is 13.1. The van der Waals surface area contributed by atoms with Crippen LogP contribution in [0.15, 0.2) is 60.7 Å². The molecule has 2 amide bonds. The van der Waals surface area contributed by atoms with E-state index < -0.39 is 29.0 Å². The van der Waals surface area contributed by atoms with Gasteiger partial charge in [-0.2, -0.15) is 0 Å². The molecule has 8 heteroatoms. The van der Waals surface area contributed by atoms with Crippen LogP contribution in [-0.4, -0.2) is 50.8 Å². The van der Waals surface area contributed by atoms with Crippen LogP contribution in [0.4, 0.5) is 0 Å². The molecule has 1 N–H and O–H groups in total. The molecule has 7 atom stereocenters. The van der Waals surface area contributed by atoms with Gasteiger partial charge in [-0.3, -0.25) is 9.59 Å². The highest BCUT2D eigenvalue weighted by atomic mass is 35.5. The first kappa shape index (κ1) is 24.8. The minimum atomic E-state index is -0.995. The van der Waals surface area contributed by atoms with E-state index in [9.17, 15) is 14.4 Å². The second kappa shape index (κ2) is 9.66. The molecule has 2 bridgehead atoms. The van der Waals surface area contributed by atoms with Crippen molar-refractivity contribution in [3.63, 3.8) is 0 Å². The maximum absolute atomic E-state index is 13.7. The van der Waals surface area contributed by atoms with Crippen LogP contribution in [0, 0.1) is 17.8 Å². The smallest absolute Gasteiger partial charge is 0.331 e. The van der Waals surface area contributed by atoms with Crippen LogP contribution in [0.3, 0.4) is 0 Å². The molecule has 2 aromatic rings. The lowest BCUT2D eigenvalue weighted by atomic mass is 9.87. The number of esters is 1. The Labute approximate surface area is 226 Å². The van der Waals surface area contributed by atoms with Crippen molar-refractivity contribution < 1.29 is 19.1 Å². The first-order valence-corrected chi connectivity index (χ1v) is 14.5. The van der Waals surface area contributed by atoms with E-state index in [-0.39, 0.29) is 23.1 Å². The van der Waals surface area contributed by atoms with E-state index in [2.05, 4.69) is 5.32 Å². The highest BCUT2D eigenvalue weighted by Gasteiger charge is 2.62. The summed E-state index contributed by atoms with van der Waals surface area (Å²) in [5.41, 5.74) is 1.68. The van der Waals surface area contributed by atoms with Gasteiger partial charge < -0.3 is 15.0 Å². The fourth-order valence-electron chi connectivity index (χ4n) is 6.64. The summed E-state index contributed by atoms with van der Waals surface area (Å²) in [4.78, 5) is 40.7. The zero-order valence-electron chi connectivity index (χ0n) is 20.7. The number of ether oxygens (including phenoxy) is 1. The molecule has 0 radical (unpaired) electrons. The zero-order chi connectivity index (χ0) is 25.7. The number of thioether (sulfide) groups is 1. The largest absolute Gasteiger partial charge is 0.451 e. The number of amides is 2. The minimum absolute atomic E-state index is 0.00532. The van der Waals surface area contributed by atoms with Gasteiger partial charge in [0.05, 0.1) is 4.87 Å². The van der Waals surface area contributed by atoms with E-state index in [4.69, 9.17) is 16.3 Å². The average Bonchev–Trinajstić information content (AvgIpc) is 3.55. The van der Waals surface area contributed by atoms with Gasteiger partial charge in [-0.15, -0.1) is 23.4 Å². The molecule has 2 aromatic carbocycles. The first-order chi connectivity index (χ1) is 17.8. The van der Waals surface area contributed by atoms with Gasteiger partial charge in [-0.1, -0.05) is 67.1 Å². The molecular formula is C29H31ClN2O4S. The third kappa shape index (κ3) is 4.44. The van der Waals surface area contributed by atoms with Crippen molar-refractivity contribution in [2.24, 2.45) is 17.8 Å². The van der Waals surface area contributed by atoms with E-state index >= 15 is 0 Å². The van der Waals surface area contributed by atoms with Crippen LogP contribution in [0.25, 0.3) is 0 Å². The van der Waals surface area contributed by atoms with Crippen LogP contribution in [0.1, 0.15) is 49.8 Å². The summed E-state index contributed by atoms with van der Waals surface area (Å²) >= 11 is 8.38. The van der Waals surface area contributed by atoms with E-state index in [0.29, 0.717) is 17.6 Å². The summed E-state index contributed by atoms with van der Waals surface area (Å²) in [6, 6.07) is 17.5. The predicted octanol–water partition coefficient (Wildman–Crippen LogP) is 4.52. The van der Waals surface area contributed by atoms with Gasteiger partial charge in [0.2, 0.25) is 11.8 Å². The minimum Gasteiger partial charge on any atom is -0.451 e. The van der Waals surface area contributed by atoms with Crippen LogP contribution in [0.5, 0.6) is 0 Å². The van der Waals surface area contributed by atoms with Crippen LogP contribution >= 0.6 is 23.4 Å². The van der Waals surface area contributed by atoms with Crippen molar-refractivity contribution in [3.05, 3.63) is 71.8 Å². The summed E-state index contributed by atoms with van der Waals surface area (Å²) in [6.07, 6.45) is 3.75. The van der Waals surface area contributed by atoms with Gasteiger partial charge in [0.25, 0.3) is 0 Å². The summed E-state index contributed by atoms with van der Waals surface area (Å²) in [5.74, 6) is 0.743. The number of hydrogen-bond donors (Lipinski definition) is 1. The van der Waals surface area contributed by atoms with Crippen LogP contribution in [-0.2, 0) is 19.1 Å². The normalized spacial score (nSPS) is 34.1. The lowest BCUT2D eigenvalue weighted by Gasteiger charge is -2.56. The molecule has 2 aliphatic heterocycles. The number of alkyl halides is 1. The quantitative estimate of drug-likeness (QED) is 0.332. The molecule has 2 saturated heterocycles. The van der Waals surface area contributed by atoms with E-state index in [1.54, 1.807) is 6.92 Å². The highest BCUT2D eigenvalue weighted by molar-refractivity contribution is 8.00. The van der Waals surface area contributed by atoms with E-state index in [1.165, 1.54) is 23.1 Å². The van der Waals surface area contributed by atoms with Gasteiger partial charge in [0.15, 0.2) is 12.1 Å². The molecule has 4 fully saturated rings. The number of benzene rings is 2. The third-order valence-corrected chi connectivity index (χ3v) is 10.6. The molecule has 4 aliphatic rings. The van der Waals surface area contributed by atoms with Crippen molar-refractivity contribution in [1.82, 2.24) is 10.2 Å². The Kier molecular flexibility index (Phi) is 6.48. The fraction of sp³-hybridized carbons (Fsp3) is 0.483. The number of rotatable bonds is 6. The van der Waals surface area contributed by atoms with Crippen molar-refractivity contribution in [3.8, 4) is 0 Å². The Morgan fingerprint density at radius 2 is 1.70 bits per heavy atom. The van der Waals surface area contributed by atoms with Crippen LogP contribution < -0.4 is 5.32 Å². The van der Waals surface area contributed by atoms with E-state index in [1.807, 2.05) is 60.7 Å². The predicted molar refractivity (Wildman–Crippen MR) is 143 cm³/mol. The lowest BCUT2D eigenvalue weighted by molar-refractivity contribution is -0.169. The van der Waals surface area contributed by atoms with Gasteiger partial charge in [0.1, 0.15) is 11.4 Å². The summed E-state index contributed by atoms with van der Waals surface area (Å²) in [6.45, 7) is 1.78. The Bertz CT molecular complexity index is 1150. The zero-order valence-corrected chi connectivity index (χ0v) is 22.3. The second-order valence-corrected chi connectivity index (χ2v) is 13.0. The lowest BCUT2D eigenvalue weighted by Crippen LogP contribution is -2.78. The molecule has 0 aromatic heterocycles. The number of hydrogen-bond acceptors (Lipinski definition) is 5. The highest BCUT2D eigenvalue weighted by Crippen LogP contribution is 2.49. The van der Waals surface area contributed by atoms with Gasteiger partial charge in [-0.25, -0.2) is 4.79 Å². The second-order valence-electron chi connectivity index (χ2n) is 11.0. The fourth-order valence-corrected chi connectivity index (χ4v) is 8.44. The van der Waals surface area contributed by atoms with Crippen molar-refractivity contribution in [2.75, 3.05) is 5.75 Å². The Morgan fingerprint density at radius 1 is 1.05 bits per heavy atom. The van der Waals surface area contributed by atoms with Crippen molar-refractivity contribution in [1.29, 1.82) is 0 Å². The molecule has 2 aliphatic carbocycles. The molecular weight excluding hydrogens is 508 g/mol. The molecule has 6 nitrogen and oxygen atoms in total. The molecule has 2 heterocycles. The molecule has 6 rings (SSSR count). The standard InChI is InChI=1S/C29H31ClN2O4S/c1-29(30)16-37-27-22(31-25(33)21-15-17-12-13-20(21)14-17)26(34)32(27)24(29)28(35)36-23(18-8-4-2-5-9-18)19-10-6-3-7-11-19/h2-11,17,20-24,27H,12-16H2,1H3,(H,31,33)/t17?,20?,21?,22-,24+,27+,29-/m1/s1. The number of carbonyl (C=O) groups excluding carboxylic acids is 3. The molecule has 194 valence electrons. The average molecular weight is 539 g/mol. The monoisotopic (exact) mass is 538 g/mol. The van der Waals surface area contributed by atoms with E-state index in [0.717, 1.165) is 30.4 Å². The van der Waals surface area contributed by atoms with Gasteiger partial charge >= 0.3 is 5.97 Å². The number of fused-ring (bicyclic) bond motifs is 3. The van der Waals surface area contributed by atoms with Crippen LogP contribution in [0.2, 0.25) is 0 Å². The summed E-state index contributed by atoms with van der Waals surface area (Å²) < 4.78 is 6.12. The van der Waals surface area contributed by atoms with Crippen molar-refractivity contribution in [2.45, 2.75) is 61.0 Å². The topological polar surface area (TPSA) is 75.7 Å². The molecule has 0 spiro atoms. The SMILES string of the molecule is C[C@@]1(Cl)CS[C@H]2[C@H](NC(=O)C3CC4CCC3C4)C(=O)N2[C@H]1C(=O)OC(c1ccccc1)c1ccccc1. The number of halogens is 1. The van der Waals surface area contributed by atoms with Crippen molar-refractivity contribution >= 4 is 41.1 Å². The third-order valence-electron chi connectivity index (χ3n) is 8.50. The number of nitrogens with zero attached hydrogens (tertiary/aromatic N) is 1. The number of carbonyl (C=O) groups is 3. The Hall–Kier alpha value is -2.51. The maximum Gasteiger partial charge on any atom is 0.331 e. The molecule has 37 heavy (non-hydrogen) atoms. The van der Waals surface area contributed by atoms with Gasteiger partial charge in [0, 0.05) is 11.7 Å².